The van der Waals surface area contributed by atoms with Gasteiger partial charge in [-0.05, 0) is 14.0 Å². The molecule has 1 saturated heterocycles. The molecule has 2 atom stereocenters. The highest BCUT2D eigenvalue weighted by Gasteiger charge is 2.33. The highest BCUT2D eigenvalue weighted by molar-refractivity contribution is 5.87. The Morgan fingerprint density at radius 2 is 2.00 bits per heavy atom. The molecule has 4 heteroatoms. The monoisotopic (exact) mass is 300 g/mol. The van der Waals surface area contributed by atoms with Crippen LogP contribution in [0.1, 0.15) is 27.2 Å². The molecule has 0 saturated carbocycles. The van der Waals surface area contributed by atoms with Crippen LogP contribution in [0.5, 0.6) is 5.75 Å². The van der Waals surface area contributed by atoms with E-state index in [2.05, 4.69) is 9.88 Å². The van der Waals surface area contributed by atoms with Gasteiger partial charge < -0.3 is 4.74 Å². The first-order chi connectivity index (χ1) is 10.6. The number of benzene rings is 1. The van der Waals surface area contributed by atoms with E-state index in [0.29, 0.717) is 0 Å². The van der Waals surface area contributed by atoms with Gasteiger partial charge in [0.2, 0.25) is 0 Å². The van der Waals surface area contributed by atoms with Crippen LogP contribution in [0.3, 0.4) is 0 Å². The lowest BCUT2D eigenvalue weighted by atomic mass is 10.1. The summed E-state index contributed by atoms with van der Waals surface area (Å²) < 4.78 is 6.08. The van der Waals surface area contributed by atoms with Gasteiger partial charge in [-0.3, -0.25) is 14.7 Å². The van der Waals surface area contributed by atoms with Crippen LogP contribution in [-0.2, 0) is 4.79 Å². The maximum Gasteiger partial charge on any atom is 0.147 e. The zero-order valence-corrected chi connectivity index (χ0v) is 13.7. The molecule has 118 valence electrons. The molecule has 0 radical (unpaired) electrons. The zero-order chi connectivity index (χ0) is 16.1. The summed E-state index contributed by atoms with van der Waals surface area (Å²) in [6.45, 7) is 6.41. The van der Waals surface area contributed by atoms with Crippen LogP contribution < -0.4 is 4.74 Å². The lowest BCUT2D eigenvalue weighted by Gasteiger charge is -2.15. The van der Waals surface area contributed by atoms with Crippen molar-refractivity contribution in [3.05, 3.63) is 36.7 Å². The third kappa shape index (κ3) is 3.45. The minimum atomic E-state index is -0.0251. The number of aromatic nitrogens is 1. The largest absolute Gasteiger partial charge is 0.487 e. The van der Waals surface area contributed by atoms with Gasteiger partial charge in [0.05, 0.1) is 12.2 Å². The Morgan fingerprint density at radius 3 is 2.68 bits per heavy atom. The number of likely N-dealkylation sites (tertiary alicyclic amines) is 1. The molecule has 1 aromatic carbocycles. The van der Waals surface area contributed by atoms with E-state index in [1.54, 1.807) is 13.1 Å². The number of likely N-dealkylation sites (N-methyl/N-ethyl adjacent to an activating group) is 1. The summed E-state index contributed by atoms with van der Waals surface area (Å²) in [5, 5.41) is 2.14. The molecule has 0 N–H and O–H groups in total. The average molecular weight is 300 g/mol. The maximum atomic E-state index is 11.6. The number of hydrogen-bond acceptors (Lipinski definition) is 4. The molecule has 22 heavy (non-hydrogen) atoms. The fourth-order valence-electron chi connectivity index (χ4n) is 2.88. The molecule has 2 unspecified atom stereocenters. The van der Waals surface area contributed by atoms with Crippen molar-refractivity contribution in [3.63, 3.8) is 0 Å². The standard InChI is InChI=1S/C16H18N2O2.C2H6/c1-11(19)15-7-13(10-18(15)2)20-16-9-17-8-12-5-3-4-6-14(12)16;1-2/h3-6,8-9,13,15H,7,10H2,1-2H3;1-2H3. The van der Waals surface area contributed by atoms with Crippen LogP contribution in [0.4, 0.5) is 0 Å². The third-order valence-electron chi connectivity index (χ3n) is 3.90. The first-order valence-corrected chi connectivity index (χ1v) is 7.85. The van der Waals surface area contributed by atoms with Crippen molar-refractivity contribution >= 4 is 16.6 Å². The van der Waals surface area contributed by atoms with Gasteiger partial charge >= 0.3 is 0 Å². The predicted molar refractivity (Wildman–Crippen MR) is 89.2 cm³/mol. The van der Waals surface area contributed by atoms with E-state index in [0.717, 1.165) is 29.5 Å². The van der Waals surface area contributed by atoms with E-state index in [1.807, 2.05) is 51.4 Å². The number of nitrogens with zero attached hydrogens (tertiary/aromatic N) is 2. The minimum Gasteiger partial charge on any atom is -0.487 e. The summed E-state index contributed by atoms with van der Waals surface area (Å²) in [5.41, 5.74) is 0. The minimum absolute atomic E-state index is 0.0251. The summed E-state index contributed by atoms with van der Waals surface area (Å²) >= 11 is 0. The van der Waals surface area contributed by atoms with E-state index in [-0.39, 0.29) is 17.9 Å². The lowest BCUT2D eigenvalue weighted by Crippen LogP contribution is -2.31. The Bertz CT molecular complexity index is 637. The molecular weight excluding hydrogens is 276 g/mol. The normalized spacial score (nSPS) is 21.3. The van der Waals surface area contributed by atoms with E-state index in [1.165, 1.54) is 0 Å². The SMILES string of the molecule is CC.CC(=O)C1CC(Oc2cncc3ccccc23)CN1C. The van der Waals surface area contributed by atoms with E-state index < -0.39 is 0 Å². The van der Waals surface area contributed by atoms with Crippen molar-refractivity contribution in [2.45, 2.75) is 39.3 Å². The molecule has 0 aliphatic carbocycles. The summed E-state index contributed by atoms with van der Waals surface area (Å²) in [6, 6.07) is 8.02. The van der Waals surface area contributed by atoms with Crippen molar-refractivity contribution in [2.75, 3.05) is 13.6 Å². The highest BCUT2D eigenvalue weighted by atomic mass is 16.5. The molecule has 2 heterocycles. The van der Waals surface area contributed by atoms with Crippen LogP contribution in [0.25, 0.3) is 10.8 Å². The Hall–Kier alpha value is -1.94. The molecule has 1 aliphatic heterocycles. The summed E-state index contributed by atoms with van der Waals surface area (Å²) in [6.07, 6.45) is 4.38. The van der Waals surface area contributed by atoms with E-state index in [4.69, 9.17) is 4.74 Å². The fraction of sp³-hybridized carbons (Fsp3) is 0.444. The third-order valence-corrected chi connectivity index (χ3v) is 3.90. The number of carbonyl (C=O) groups is 1. The first-order valence-electron chi connectivity index (χ1n) is 7.85. The Morgan fingerprint density at radius 1 is 1.27 bits per heavy atom. The van der Waals surface area contributed by atoms with Crippen molar-refractivity contribution in [1.29, 1.82) is 0 Å². The van der Waals surface area contributed by atoms with Gasteiger partial charge in [0, 0.05) is 29.9 Å². The van der Waals surface area contributed by atoms with E-state index >= 15 is 0 Å². The maximum absolute atomic E-state index is 11.6. The molecule has 3 rings (SSSR count). The Kier molecular flexibility index (Phi) is 5.50. The highest BCUT2D eigenvalue weighted by Crippen LogP contribution is 2.28. The lowest BCUT2D eigenvalue weighted by molar-refractivity contribution is -0.120. The van der Waals surface area contributed by atoms with Crippen molar-refractivity contribution < 1.29 is 9.53 Å². The van der Waals surface area contributed by atoms with Crippen LogP contribution in [0.15, 0.2) is 36.7 Å². The molecule has 4 nitrogen and oxygen atoms in total. The molecule has 1 aromatic heterocycles. The predicted octanol–water partition coefficient (Wildman–Crippen LogP) is 3.30. The average Bonchev–Trinajstić information content (AvgIpc) is 2.90. The van der Waals surface area contributed by atoms with Crippen molar-refractivity contribution in [1.82, 2.24) is 9.88 Å². The number of carbonyl (C=O) groups excluding carboxylic acids is 1. The molecule has 1 aliphatic rings. The number of ketones is 1. The number of hydrogen-bond donors (Lipinski definition) is 0. The van der Waals surface area contributed by atoms with Crippen molar-refractivity contribution in [2.24, 2.45) is 0 Å². The second-order valence-corrected chi connectivity index (χ2v) is 5.40. The molecule has 2 aromatic rings. The van der Waals surface area contributed by atoms with E-state index in [9.17, 15) is 4.79 Å². The molecule has 0 spiro atoms. The van der Waals surface area contributed by atoms with Crippen molar-refractivity contribution in [3.8, 4) is 5.75 Å². The smallest absolute Gasteiger partial charge is 0.147 e. The Balaban J connectivity index is 0.000000847. The summed E-state index contributed by atoms with van der Waals surface area (Å²) in [7, 11) is 1.97. The van der Waals surface area contributed by atoms with Gasteiger partial charge in [-0.25, -0.2) is 0 Å². The van der Waals surface area contributed by atoms with Crippen LogP contribution in [0, 0.1) is 0 Å². The van der Waals surface area contributed by atoms with Crippen LogP contribution in [-0.4, -0.2) is 41.4 Å². The van der Waals surface area contributed by atoms with Gasteiger partial charge in [0.15, 0.2) is 0 Å². The summed E-state index contributed by atoms with van der Waals surface area (Å²) in [5.74, 6) is 1.00. The molecule has 1 fully saturated rings. The number of fused-ring (bicyclic) bond motifs is 1. The van der Waals surface area contributed by atoms with Crippen LogP contribution in [0.2, 0.25) is 0 Å². The Labute approximate surface area is 132 Å². The number of pyridine rings is 1. The molecular formula is C18H24N2O2. The fourth-order valence-corrected chi connectivity index (χ4v) is 2.88. The van der Waals surface area contributed by atoms with Gasteiger partial charge in [0.25, 0.3) is 0 Å². The second-order valence-electron chi connectivity index (χ2n) is 5.40. The zero-order valence-electron chi connectivity index (χ0n) is 13.7. The van der Waals surface area contributed by atoms with Gasteiger partial charge in [-0.1, -0.05) is 38.1 Å². The second kappa shape index (κ2) is 7.36. The van der Waals surface area contributed by atoms with Gasteiger partial charge in [-0.15, -0.1) is 0 Å². The number of rotatable bonds is 3. The quantitative estimate of drug-likeness (QED) is 0.872. The number of ether oxygens (including phenoxy) is 1. The van der Waals surface area contributed by atoms with Crippen LogP contribution >= 0.6 is 0 Å². The molecule has 0 amide bonds. The topological polar surface area (TPSA) is 42.4 Å². The number of Topliss-reactive ketones (excluding diaryl/α,β-unsaturated/α-hetero) is 1. The van der Waals surface area contributed by atoms with Gasteiger partial charge in [-0.2, -0.15) is 0 Å². The molecule has 0 bridgehead atoms. The summed E-state index contributed by atoms with van der Waals surface area (Å²) in [4.78, 5) is 17.8. The first kappa shape index (κ1) is 16.4. The van der Waals surface area contributed by atoms with Gasteiger partial charge in [0.1, 0.15) is 17.6 Å².